The zero-order valence-corrected chi connectivity index (χ0v) is 15.9. The maximum absolute atomic E-state index is 6.17. The van der Waals surface area contributed by atoms with Crippen molar-refractivity contribution < 1.29 is 0 Å². The highest BCUT2D eigenvalue weighted by Crippen LogP contribution is 2.22. The molecule has 0 aliphatic rings. The Balaban J connectivity index is 1.63. The number of rotatable bonds is 4. The summed E-state index contributed by atoms with van der Waals surface area (Å²) in [5.74, 6) is 0. The number of hydrogen-bond donors (Lipinski definition) is 2. The molecule has 0 saturated heterocycles. The fourth-order valence-corrected chi connectivity index (χ4v) is 3.19. The second kappa shape index (κ2) is 8.06. The van der Waals surface area contributed by atoms with E-state index in [1.54, 1.807) is 29.1 Å². The van der Waals surface area contributed by atoms with E-state index in [4.69, 9.17) is 47.0 Å². The van der Waals surface area contributed by atoms with Gasteiger partial charge in [-0.2, -0.15) is 5.10 Å². The van der Waals surface area contributed by atoms with Gasteiger partial charge in [0, 0.05) is 27.0 Å². The molecule has 0 fully saturated rings. The predicted molar refractivity (Wildman–Crippen MR) is 109 cm³/mol. The standard InChI is InChI=1S/C17H13Cl3N4S/c18-12-5-13(19)7-14(6-12)22-17(25)23-15-8-21-24(10-15)9-11-3-1-2-4-16(11)20/h1-8,10H,9H2,(H2,22,23,25). The van der Waals surface area contributed by atoms with Crippen LogP contribution in [0.5, 0.6) is 0 Å². The Labute approximate surface area is 165 Å². The molecule has 0 saturated carbocycles. The lowest BCUT2D eigenvalue weighted by molar-refractivity contribution is 0.687. The second-order valence-electron chi connectivity index (χ2n) is 5.26. The van der Waals surface area contributed by atoms with E-state index in [2.05, 4.69) is 15.7 Å². The topological polar surface area (TPSA) is 41.9 Å². The van der Waals surface area contributed by atoms with E-state index in [-0.39, 0.29) is 0 Å². The molecule has 0 radical (unpaired) electrons. The summed E-state index contributed by atoms with van der Waals surface area (Å²) in [6, 6.07) is 12.8. The molecular formula is C17H13Cl3N4S. The van der Waals surface area contributed by atoms with E-state index in [0.29, 0.717) is 32.4 Å². The van der Waals surface area contributed by atoms with Gasteiger partial charge in [0.25, 0.3) is 0 Å². The molecule has 25 heavy (non-hydrogen) atoms. The molecule has 0 amide bonds. The minimum absolute atomic E-state index is 0.413. The third kappa shape index (κ3) is 5.09. The molecule has 4 nitrogen and oxygen atoms in total. The number of hydrogen-bond acceptors (Lipinski definition) is 2. The van der Waals surface area contributed by atoms with Crippen molar-refractivity contribution in [2.75, 3.05) is 10.6 Å². The smallest absolute Gasteiger partial charge is 0.175 e. The fourth-order valence-electron chi connectivity index (χ4n) is 2.24. The van der Waals surface area contributed by atoms with Gasteiger partial charge < -0.3 is 10.6 Å². The molecule has 0 bridgehead atoms. The van der Waals surface area contributed by atoms with Crippen LogP contribution in [0, 0.1) is 0 Å². The first-order chi connectivity index (χ1) is 12.0. The zero-order chi connectivity index (χ0) is 17.8. The molecule has 8 heteroatoms. The Hall–Kier alpha value is -1.79. The molecule has 0 aliphatic heterocycles. The van der Waals surface area contributed by atoms with Crippen molar-refractivity contribution >= 4 is 63.5 Å². The summed E-state index contributed by atoms with van der Waals surface area (Å²) in [6.07, 6.45) is 3.54. The first-order valence-corrected chi connectivity index (χ1v) is 8.84. The molecule has 0 spiro atoms. The number of aromatic nitrogens is 2. The lowest BCUT2D eigenvalue weighted by atomic mass is 10.2. The summed E-state index contributed by atoms with van der Waals surface area (Å²) in [4.78, 5) is 0. The van der Waals surface area contributed by atoms with Crippen LogP contribution >= 0.6 is 47.0 Å². The maximum Gasteiger partial charge on any atom is 0.175 e. The van der Waals surface area contributed by atoms with Crippen LogP contribution < -0.4 is 10.6 Å². The van der Waals surface area contributed by atoms with Crippen LogP contribution in [0.25, 0.3) is 0 Å². The monoisotopic (exact) mass is 410 g/mol. The van der Waals surface area contributed by atoms with Gasteiger partial charge in [-0.25, -0.2) is 0 Å². The molecule has 128 valence electrons. The van der Waals surface area contributed by atoms with Gasteiger partial charge in [-0.1, -0.05) is 53.0 Å². The summed E-state index contributed by atoms with van der Waals surface area (Å²) < 4.78 is 1.78. The quantitative estimate of drug-likeness (QED) is 0.540. The molecular weight excluding hydrogens is 399 g/mol. The first-order valence-electron chi connectivity index (χ1n) is 7.29. The molecule has 3 rings (SSSR count). The van der Waals surface area contributed by atoms with Crippen LogP contribution in [-0.2, 0) is 6.54 Å². The van der Waals surface area contributed by atoms with Crippen molar-refractivity contribution in [2.45, 2.75) is 6.54 Å². The lowest BCUT2D eigenvalue weighted by Gasteiger charge is -2.09. The molecule has 0 unspecified atom stereocenters. The Morgan fingerprint density at radius 2 is 1.68 bits per heavy atom. The zero-order valence-electron chi connectivity index (χ0n) is 12.8. The van der Waals surface area contributed by atoms with Gasteiger partial charge in [-0.15, -0.1) is 0 Å². The number of thiocarbonyl (C=S) groups is 1. The predicted octanol–water partition coefficient (Wildman–Crippen LogP) is 5.70. The van der Waals surface area contributed by atoms with Gasteiger partial charge in [0.1, 0.15) is 0 Å². The summed E-state index contributed by atoms with van der Waals surface area (Å²) in [6.45, 7) is 0.575. The van der Waals surface area contributed by atoms with E-state index in [1.165, 1.54) is 0 Å². The Bertz CT molecular complexity index is 890. The number of anilines is 2. The molecule has 0 aliphatic carbocycles. The van der Waals surface area contributed by atoms with E-state index >= 15 is 0 Å². The largest absolute Gasteiger partial charge is 0.332 e. The van der Waals surface area contributed by atoms with Gasteiger partial charge in [0.2, 0.25) is 0 Å². The van der Waals surface area contributed by atoms with Crippen molar-refractivity contribution in [3.63, 3.8) is 0 Å². The normalized spacial score (nSPS) is 10.5. The third-order valence-electron chi connectivity index (χ3n) is 3.30. The SMILES string of the molecule is S=C(Nc1cc(Cl)cc(Cl)c1)Nc1cnn(Cc2ccccc2Cl)c1. The van der Waals surface area contributed by atoms with Gasteiger partial charge in [0.05, 0.1) is 18.4 Å². The van der Waals surface area contributed by atoms with Crippen LogP contribution in [0.1, 0.15) is 5.56 Å². The number of nitrogens with zero attached hydrogens (tertiary/aromatic N) is 2. The van der Waals surface area contributed by atoms with Crippen molar-refractivity contribution in [3.05, 3.63) is 75.5 Å². The summed E-state index contributed by atoms with van der Waals surface area (Å²) in [5.41, 5.74) is 2.46. The van der Waals surface area contributed by atoms with Gasteiger partial charge in [-0.3, -0.25) is 4.68 Å². The average molecular weight is 412 g/mol. The fraction of sp³-hybridized carbons (Fsp3) is 0.0588. The van der Waals surface area contributed by atoms with Crippen LogP contribution in [0.4, 0.5) is 11.4 Å². The van der Waals surface area contributed by atoms with Crippen molar-refractivity contribution in [1.82, 2.24) is 9.78 Å². The highest BCUT2D eigenvalue weighted by atomic mass is 35.5. The molecule has 2 aromatic carbocycles. The summed E-state index contributed by atoms with van der Waals surface area (Å²) in [7, 11) is 0. The minimum Gasteiger partial charge on any atom is -0.332 e. The van der Waals surface area contributed by atoms with Crippen LogP contribution in [0.2, 0.25) is 15.1 Å². The molecule has 3 aromatic rings. The highest BCUT2D eigenvalue weighted by Gasteiger charge is 2.05. The van der Waals surface area contributed by atoms with Gasteiger partial charge >= 0.3 is 0 Å². The molecule has 1 aromatic heterocycles. The van der Waals surface area contributed by atoms with Gasteiger partial charge in [-0.05, 0) is 42.0 Å². The molecule has 1 heterocycles. The Morgan fingerprint density at radius 3 is 2.40 bits per heavy atom. The number of benzene rings is 2. The molecule has 2 N–H and O–H groups in total. The number of nitrogens with one attached hydrogen (secondary N) is 2. The van der Waals surface area contributed by atoms with Crippen LogP contribution in [-0.4, -0.2) is 14.9 Å². The lowest BCUT2D eigenvalue weighted by Crippen LogP contribution is -2.18. The summed E-state index contributed by atoms with van der Waals surface area (Å²) in [5, 5.41) is 12.6. The molecule has 0 atom stereocenters. The Morgan fingerprint density at radius 1 is 1.00 bits per heavy atom. The average Bonchev–Trinajstić information content (AvgIpc) is 2.95. The highest BCUT2D eigenvalue weighted by molar-refractivity contribution is 7.80. The Kier molecular flexibility index (Phi) is 5.81. The van der Waals surface area contributed by atoms with E-state index in [9.17, 15) is 0 Å². The first kappa shape index (κ1) is 18.0. The second-order valence-corrected chi connectivity index (χ2v) is 6.94. The van der Waals surface area contributed by atoms with Crippen molar-refractivity contribution in [2.24, 2.45) is 0 Å². The van der Waals surface area contributed by atoms with E-state index < -0.39 is 0 Å². The van der Waals surface area contributed by atoms with Crippen LogP contribution in [0.15, 0.2) is 54.9 Å². The van der Waals surface area contributed by atoms with E-state index in [1.807, 2.05) is 30.5 Å². The van der Waals surface area contributed by atoms with Crippen LogP contribution in [0.3, 0.4) is 0 Å². The van der Waals surface area contributed by atoms with Gasteiger partial charge in [0.15, 0.2) is 5.11 Å². The summed E-state index contributed by atoms with van der Waals surface area (Å²) >= 11 is 23.4. The van der Waals surface area contributed by atoms with E-state index in [0.717, 1.165) is 11.3 Å². The van der Waals surface area contributed by atoms with Crippen molar-refractivity contribution in [3.8, 4) is 0 Å². The third-order valence-corrected chi connectivity index (χ3v) is 4.31. The maximum atomic E-state index is 6.17. The number of halogens is 3. The minimum atomic E-state index is 0.413. The van der Waals surface area contributed by atoms with Crippen molar-refractivity contribution in [1.29, 1.82) is 0 Å².